The lowest BCUT2D eigenvalue weighted by molar-refractivity contribution is -0.138. The first-order valence-corrected chi connectivity index (χ1v) is 7.34. The summed E-state index contributed by atoms with van der Waals surface area (Å²) in [5.74, 6) is 0.634. The summed E-state index contributed by atoms with van der Waals surface area (Å²) in [5.41, 5.74) is 0.366. The molecule has 4 nitrogen and oxygen atoms in total. The van der Waals surface area contributed by atoms with E-state index in [1.807, 2.05) is 4.90 Å². The monoisotopic (exact) mass is 326 g/mol. The average molecular weight is 326 g/mol. The minimum atomic E-state index is -4.41. The highest BCUT2D eigenvalue weighted by Crippen LogP contribution is 2.41. The van der Waals surface area contributed by atoms with Crippen LogP contribution in [0, 0.1) is 6.92 Å². The Bertz CT molecular complexity index is 684. The minimum absolute atomic E-state index is 0.200. The normalized spacial score (nSPS) is 22.7. The molecule has 1 aliphatic heterocycles. The summed E-state index contributed by atoms with van der Waals surface area (Å²) in [4.78, 5) is 1.84. The Morgan fingerprint density at radius 3 is 2.74 bits per heavy atom. The van der Waals surface area contributed by atoms with E-state index in [1.165, 1.54) is 12.1 Å². The van der Waals surface area contributed by atoms with E-state index in [1.54, 1.807) is 19.2 Å². The van der Waals surface area contributed by atoms with Crippen LogP contribution < -0.4 is 0 Å². The smallest absolute Gasteiger partial charge is 0.392 e. The highest BCUT2D eigenvalue weighted by molar-refractivity contribution is 5.33. The molecule has 124 valence electrons. The molecule has 2 heterocycles. The number of likely N-dealkylation sites (tertiary alicyclic amines) is 1. The molecule has 1 N–H and O–H groups in total. The zero-order valence-corrected chi connectivity index (χ0v) is 12.5. The molecule has 0 aliphatic carbocycles. The number of hydrogen-bond donors (Lipinski definition) is 1. The number of β-amino-alcohol motifs (C(OH)–C–C–N with tert-alkyl or cyclic N) is 1. The first-order chi connectivity index (χ1) is 10.9. The molecule has 3 rings (SSSR count). The number of alkyl halides is 3. The number of benzene rings is 1. The van der Waals surface area contributed by atoms with Gasteiger partial charge in [-0.05, 0) is 25.0 Å². The molecule has 2 atom stereocenters. The highest BCUT2D eigenvalue weighted by atomic mass is 19.4. The van der Waals surface area contributed by atoms with E-state index in [2.05, 4.69) is 5.16 Å². The third-order valence-corrected chi connectivity index (χ3v) is 4.23. The molecule has 1 aromatic heterocycles. The molecule has 23 heavy (non-hydrogen) atoms. The van der Waals surface area contributed by atoms with Crippen molar-refractivity contribution in [2.24, 2.45) is 0 Å². The van der Waals surface area contributed by atoms with Gasteiger partial charge in [-0.2, -0.15) is 13.2 Å². The molecular weight excluding hydrogens is 309 g/mol. The summed E-state index contributed by atoms with van der Waals surface area (Å²) in [5, 5.41) is 13.7. The van der Waals surface area contributed by atoms with Crippen LogP contribution in [0.5, 0.6) is 0 Å². The lowest BCUT2D eigenvalue weighted by Gasteiger charge is -2.26. The van der Waals surface area contributed by atoms with Gasteiger partial charge in [0.25, 0.3) is 0 Å². The van der Waals surface area contributed by atoms with E-state index < -0.39 is 23.9 Å². The van der Waals surface area contributed by atoms with Crippen molar-refractivity contribution in [2.75, 3.05) is 6.54 Å². The number of hydrogen-bond acceptors (Lipinski definition) is 4. The Hall–Kier alpha value is -1.86. The largest absolute Gasteiger partial charge is 0.416 e. The van der Waals surface area contributed by atoms with Gasteiger partial charge in [0.05, 0.1) is 17.9 Å². The van der Waals surface area contributed by atoms with Crippen molar-refractivity contribution >= 4 is 0 Å². The number of nitrogens with zero attached hydrogens (tertiary/aromatic N) is 2. The highest BCUT2D eigenvalue weighted by Gasteiger charge is 2.39. The summed E-state index contributed by atoms with van der Waals surface area (Å²) in [6, 6.07) is 5.06. The van der Waals surface area contributed by atoms with Crippen LogP contribution in [0.4, 0.5) is 13.2 Å². The van der Waals surface area contributed by atoms with Gasteiger partial charge in [0.2, 0.25) is 0 Å². The van der Waals surface area contributed by atoms with Gasteiger partial charge >= 0.3 is 6.18 Å². The minimum Gasteiger partial charge on any atom is -0.392 e. The van der Waals surface area contributed by atoms with E-state index in [9.17, 15) is 18.3 Å². The van der Waals surface area contributed by atoms with Crippen molar-refractivity contribution < 1.29 is 22.8 Å². The van der Waals surface area contributed by atoms with Crippen LogP contribution in [0.1, 0.15) is 34.9 Å². The maximum absolute atomic E-state index is 13.3. The molecule has 7 heteroatoms. The Labute approximate surface area is 131 Å². The van der Waals surface area contributed by atoms with E-state index in [0.717, 1.165) is 11.6 Å². The number of aliphatic hydroxyl groups is 1. The van der Waals surface area contributed by atoms with Gasteiger partial charge in [-0.15, -0.1) is 0 Å². The second-order valence-corrected chi connectivity index (χ2v) is 5.83. The molecule has 1 fully saturated rings. The molecule has 0 saturated carbocycles. The molecule has 0 radical (unpaired) electrons. The Kier molecular flexibility index (Phi) is 4.16. The number of halogens is 3. The topological polar surface area (TPSA) is 49.5 Å². The van der Waals surface area contributed by atoms with Crippen molar-refractivity contribution in [3.05, 3.63) is 52.9 Å². The van der Waals surface area contributed by atoms with Gasteiger partial charge in [-0.3, -0.25) is 4.90 Å². The average Bonchev–Trinajstić information content (AvgIpc) is 3.05. The van der Waals surface area contributed by atoms with Gasteiger partial charge in [0.1, 0.15) is 5.76 Å². The van der Waals surface area contributed by atoms with Gasteiger partial charge in [-0.25, -0.2) is 0 Å². The van der Waals surface area contributed by atoms with Crippen LogP contribution in [0.25, 0.3) is 0 Å². The van der Waals surface area contributed by atoms with Crippen LogP contribution >= 0.6 is 0 Å². The quantitative estimate of drug-likeness (QED) is 0.940. The second kappa shape index (κ2) is 5.98. The fourth-order valence-electron chi connectivity index (χ4n) is 3.11. The molecule has 0 spiro atoms. The van der Waals surface area contributed by atoms with Crippen LogP contribution in [-0.2, 0) is 12.7 Å². The lowest BCUT2D eigenvalue weighted by Crippen LogP contribution is -2.26. The van der Waals surface area contributed by atoms with Gasteiger partial charge in [0.15, 0.2) is 0 Å². The molecule has 1 aliphatic rings. The summed E-state index contributed by atoms with van der Waals surface area (Å²) >= 11 is 0. The van der Waals surface area contributed by atoms with E-state index in [4.69, 9.17) is 4.52 Å². The first kappa shape index (κ1) is 16.0. The zero-order valence-electron chi connectivity index (χ0n) is 12.5. The number of aromatic nitrogens is 1. The third kappa shape index (κ3) is 3.25. The number of aryl methyl sites for hydroxylation is 1. The summed E-state index contributed by atoms with van der Waals surface area (Å²) in [7, 11) is 0. The van der Waals surface area contributed by atoms with E-state index in [-0.39, 0.29) is 12.0 Å². The SMILES string of the molecule is Cc1oncc1CN1CC(O)CC1c1ccccc1C(F)(F)F. The van der Waals surface area contributed by atoms with Crippen molar-refractivity contribution in [3.63, 3.8) is 0 Å². The maximum atomic E-state index is 13.3. The van der Waals surface area contributed by atoms with Crippen LogP contribution in [0.15, 0.2) is 35.0 Å². The summed E-state index contributed by atoms with van der Waals surface area (Å²) < 4.78 is 44.8. The van der Waals surface area contributed by atoms with Gasteiger partial charge in [-0.1, -0.05) is 23.4 Å². The fraction of sp³-hybridized carbons (Fsp3) is 0.438. The van der Waals surface area contributed by atoms with Crippen molar-refractivity contribution in [3.8, 4) is 0 Å². The molecule has 0 amide bonds. The molecular formula is C16H17F3N2O2. The van der Waals surface area contributed by atoms with E-state index in [0.29, 0.717) is 18.8 Å². The molecule has 0 bridgehead atoms. The van der Waals surface area contributed by atoms with Crippen molar-refractivity contribution in [1.29, 1.82) is 0 Å². The Morgan fingerprint density at radius 2 is 2.09 bits per heavy atom. The predicted octanol–water partition coefficient (Wildman–Crippen LogP) is 3.31. The van der Waals surface area contributed by atoms with Crippen molar-refractivity contribution in [2.45, 2.75) is 38.2 Å². The molecule has 1 aromatic carbocycles. The summed E-state index contributed by atoms with van der Waals surface area (Å²) in [6.45, 7) is 2.47. The molecule has 2 unspecified atom stereocenters. The molecule has 2 aromatic rings. The summed E-state index contributed by atoms with van der Waals surface area (Å²) in [6.07, 6.45) is -3.23. The standard InChI is InChI=1S/C16H17F3N2O2/c1-10-11(7-20-23-10)8-21-9-12(22)6-15(21)13-4-2-3-5-14(13)16(17,18)19/h2-5,7,12,15,22H,6,8-9H2,1H3. The first-order valence-electron chi connectivity index (χ1n) is 7.34. The molecule has 1 saturated heterocycles. The van der Waals surface area contributed by atoms with Gasteiger partial charge < -0.3 is 9.63 Å². The van der Waals surface area contributed by atoms with Gasteiger partial charge in [0, 0.05) is 24.7 Å². The zero-order chi connectivity index (χ0) is 16.6. The lowest BCUT2D eigenvalue weighted by atomic mass is 9.97. The van der Waals surface area contributed by atoms with E-state index >= 15 is 0 Å². The maximum Gasteiger partial charge on any atom is 0.416 e. The van der Waals surface area contributed by atoms with Crippen LogP contribution in [-0.4, -0.2) is 27.8 Å². The third-order valence-electron chi connectivity index (χ3n) is 4.23. The Morgan fingerprint density at radius 1 is 1.35 bits per heavy atom. The predicted molar refractivity (Wildman–Crippen MR) is 76.5 cm³/mol. The van der Waals surface area contributed by atoms with Crippen LogP contribution in [0.3, 0.4) is 0 Å². The fourth-order valence-corrected chi connectivity index (χ4v) is 3.11. The Balaban J connectivity index is 1.93. The number of aliphatic hydroxyl groups excluding tert-OH is 1. The van der Waals surface area contributed by atoms with Crippen LogP contribution in [0.2, 0.25) is 0 Å². The second-order valence-electron chi connectivity index (χ2n) is 5.83. The van der Waals surface area contributed by atoms with Crippen molar-refractivity contribution in [1.82, 2.24) is 10.1 Å². The number of rotatable bonds is 3.